The number of halogens is 1. The van der Waals surface area contributed by atoms with Crippen molar-refractivity contribution in [2.45, 2.75) is 20.3 Å². The summed E-state index contributed by atoms with van der Waals surface area (Å²) in [6.45, 7) is 3.97. The number of pyridine rings is 1. The Bertz CT molecular complexity index is 761. The number of benzene rings is 1. The Morgan fingerprint density at radius 1 is 1.24 bits per heavy atom. The van der Waals surface area contributed by atoms with E-state index >= 15 is 0 Å². The Morgan fingerprint density at radius 3 is 2.60 bits per heavy atom. The number of aromatic nitrogens is 1. The van der Waals surface area contributed by atoms with Gasteiger partial charge in [-0.1, -0.05) is 25.4 Å². The van der Waals surface area contributed by atoms with Crippen LogP contribution in [0.1, 0.15) is 30.6 Å². The minimum atomic E-state index is -0.448. The smallest absolute Gasteiger partial charge is 0.337 e. The number of nitrogens with one attached hydrogen (secondary N) is 2. The molecule has 1 aromatic heterocycles. The molecule has 1 amide bonds. The van der Waals surface area contributed by atoms with Gasteiger partial charge in [-0.2, -0.15) is 0 Å². The van der Waals surface area contributed by atoms with Crippen molar-refractivity contribution in [1.82, 2.24) is 4.98 Å². The summed E-state index contributed by atoms with van der Waals surface area (Å²) in [5.41, 5.74) is 1.53. The van der Waals surface area contributed by atoms with E-state index in [0.717, 1.165) is 0 Å². The standard InChI is InChI=1S/C18H20ClN3O3/c1-11(2)8-17(23)21-13-5-7-16(20-10-13)22-15-9-12(18(24)25-3)4-6-14(15)19/h4-7,9-11H,8H2,1-3H3,(H,20,22)(H,21,23). The molecule has 0 saturated heterocycles. The van der Waals surface area contributed by atoms with Crippen molar-refractivity contribution >= 4 is 40.7 Å². The molecule has 0 spiro atoms. The third-order valence-electron chi connectivity index (χ3n) is 3.29. The van der Waals surface area contributed by atoms with Gasteiger partial charge in [0.15, 0.2) is 0 Å². The zero-order chi connectivity index (χ0) is 18.4. The van der Waals surface area contributed by atoms with Gasteiger partial charge in [-0.3, -0.25) is 4.79 Å². The molecule has 0 saturated carbocycles. The number of anilines is 3. The van der Waals surface area contributed by atoms with E-state index in [1.54, 1.807) is 36.5 Å². The van der Waals surface area contributed by atoms with E-state index in [1.165, 1.54) is 7.11 Å². The van der Waals surface area contributed by atoms with Gasteiger partial charge in [0.2, 0.25) is 5.91 Å². The topological polar surface area (TPSA) is 80.3 Å². The molecule has 0 aliphatic rings. The second-order valence-electron chi connectivity index (χ2n) is 5.89. The van der Waals surface area contributed by atoms with E-state index in [1.807, 2.05) is 13.8 Å². The molecule has 2 rings (SSSR count). The predicted octanol–water partition coefficient (Wildman–Crippen LogP) is 4.25. The van der Waals surface area contributed by atoms with E-state index < -0.39 is 5.97 Å². The molecule has 132 valence electrons. The molecular formula is C18H20ClN3O3. The van der Waals surface area contributed by atoms with Gasteiger partial charge in [-0.05, 0) is 36.2 Å². The fraction of sp³-hybridized carbons (Fsp3) is 0.278. The van der Waals surface area contributed by atoms with Crippen LogP contribution in [0.15, 0.2) is 36.5 Å². The second-order valence-corrected chi connectivity index (χ2v) is 6.30. The molecule has 25 heavy (non-hydrogen) atoms. The maximum Gasteiger partial charge on any atom is 0.337 e. The van der Waals surface area contributed by atoms with Gasteiger partial charge in [-0.15, -0.1) is 0 Å². The average molecular weight is 362 g/mol. The van der Waals surface area contributed by atoms with Crippen LogP contribution in [0.4, 0.5) is 17.2 Å². The van der Waals surface area contributed by atoms with Gasteiger partial charge in [0.1, 0.15) is 5.82 Å². The molecule has 2 aromatic rings. The van der Waals surface area contributed by atoms with Crippen LogP contribution in [0.25, 0.3) is 0 Å². The van der Waals surface area contributed by atoms with Crippen LogP contribution in [0, 0.1) is 5.92 Å². The Morgan fingerprint density at radius 2 is 2.00 bits per heavy atom. The van der Waals surface area contributed by atoms with Crippen LogP contribution in [0.5, 0.6) is 0 Å². The molecular weight excluding hydrogens is 342 g/mol. The molecule has 2 N–H and O–H groups in total. The van der Waals surface area contributed by atoms with Crippen molar-refractivity contribution in [3.05, 3.63) is 47.1 Å². The lowest BCUT2D eigenvalue weighted by molar-refractivity contribution is -0.116. The molecule has 0 unspecified atom stereocenters. The lowest BCUT2D eigenvalue weighted by Gasteiger charge is -2.11. The first-order valence-corrected chi connectivity index (χ1v) is 8.17. The minimum Gasteiger partial charge on any atom is -0.465 e. The molecule has 0 bridgehead atoms. The highest BCUT2D eigenvalue weighted by atomic mass is 35.5. The summed E-state index contributed by atoms with van der Waals surface area (Å²) in [5, 5.41) is 6.28. The Hall–Kier alpha value is -2.60. The number of ether oxygens (including phenoxy) is 1. The maximum absolute atomic E-state index is 11.8. The van der Waals surface area contributed by atoms with Crippen molar-refractivity contribution in [3.8, 4) is 0 Å². The normalized spacial score (nSPS) is 10.4. The number of carbonyl (C=O) groups is 2. The molecule has 0 radical (unpaired) electrons. The van der Waals surface area contributed by atoms with Crippen molar-refractivity contribution in [1.29, 1.82) is 0 Å². The first-order chi connectivity index (χ1) is 11.9. The molecule has 0 atom stereocenters. The Labute approximate surface area is 151 Å². The van der Waals surface area contributed by atoms with Crippen LogP contribution < -0.4 is 10.6 Å². The van der Waals surface area contributed by atoms with E-state index in [-0.39, 0.29) is 11.8 Å². The fourth-order valence-electron chi connectivity index (χ4n) is 2.13. The third-order valence-corrected chi connectivity index (χ3v) is 3.62. The third kappa shape index (κ3) is 5.46. The van der Waals surface area contributed by atoms with Gasteiger partial charge in [0, 0.05) is 6.42 Å². The highest BCUT2D eigenvalue weighted by Crippen LogP contribution is 2.26. The highest BCUT2D eigenvalue weighted by Gasteiger charge is 2.10. The first kappa shape index (κ1) is 18.7. The van der Waals surface area contributed by atoms with E-state index in [4.69, 9.17) is 16.3 Å². The number of hydrogen-bond donors (Lipinski definition) is 2. The monoisotopic (exact) mass is 361 g/mol. The number of esters is 1. The second kappa shape index (κ2) is 8.48. The summed E-state index contributed by atoms with van der Waals surface area (Å²) in [6.07, 6.45) is 2.01. The molecule has 1 heterocycles. The van der Waals surface area contributed by atoms with Gasteiger partial charge in [-0.25, -0.2) is 9.78 Å². The van der Waals surface area contributed by atoms with Gasteiger partial charge in [0.05, 0.1) is 35.3 Å². The fourth-order valence-corrected chi connectivity index (χ4v) is 2.29. The first-order valence-electron chi connectivity index (χ1n) is 7.80. The van der Waals surface area contributed by atoms with Gasteiger partial charge in [0.25, 0.3) is 0 Å². The van der Waals surface area contributed by atoms with Gasteiger partial charge < -0.3 is 15.4 Å². The van der Waals surface area contributed by atoms with Crippen molar-refractivity contribution in [2.75, 3.05) is 17.7 Å². The van der Waals surface area contributed by atoms with Crippen LogP contribution in [-0.4, -0.2) is 24.0 Å². The molecule has 7 heteroatoms. The Balaban J connectivity index is 2.08. The summed E-state index contributed by atoms with van der Waals surface area (Å²) in [5.74, 6) is 0.325. The molecule has 6 nitrogen and oxygen atoms in total. The number of nitrogens with zero attached hydrogens (tertiary/aromatic N) is 1. The summed E-state index contributed by atoms with van der Waals surface area (Å²) < 4.78 is 4.70. The lowest BCUT2D eigenvalue weighted by atomic mass is 10.1. The largest absolute Gasteiger partial charge is 0.465 e. The SMILES string of the molecule is COC(=O)c1ccc(Cl)c(Nc2ccc(NC(=O)CC(C)C)cn2)c1. The van der Waals surface area contributed by atoms with Crippen molar-refractivity contribution < 1.29 is 14.3 Å². The quantitative estimate of drug-likeness (QED) is 0.752. The zero-order valence-electron chi connectivity index (χ0n) is 14.3. The summed E-state index contributed by atoms with van der Waals surface area (Å²) in [7, 11) is 1.32. The van der Waals surface area contributed by atoms with Crippen LogP contribution in [0.2, 0.25) is 5.02 Å². The highest BCUT2D eigenvalue weighted by molar-refractivity contribution is 6.33. The van der Waals surface area contributed by atoms with Crippen molar-refractivity contribution in [3.63, 3.8) is 0 Å². The number of methoxy groups -OCH3 is 1. The number of amides is 1. The molecule has 0 aliphatic heterocycles. The van der Waals surface area contributed by atoms with E-state index in [0.29, 0.717) is 34.2 Å². The number of carbonyl (C=O) groups excluding carboxylic acids is 2. The number of rotatable bonds is 6. The summed E-state index contributed by atoms with van der Waals surface area (Å²) in [6, 6.07) is 8.24. The van der Waals surface area contributed by atoms with Crippen LogP contribution in [-0.2, 0) is 9.53 Å². The molecule has 0 aliphatic carbocycles. The van der Waals surface area contributed by atoms with Crippen LogP contribution >= 0.6 is 11.6 Å². The maximum atomic E-state index is 11.8. The molecule has 1 aromatic carbocycles. The molecule has 0 fully saturated rings. The minimum absolute atomic E-state index is 0.0497. The zero-order valence-corrected chi connectivity index (χ0v) is 15.1. The lowest BCUT2D eigenvalue weighted by Crippen LogP contribution is -2.14. The predicted molar refractivity (Wildman–Crippen MR) is 98.4 cm³/mol. The van der Waals surface area contributed by atoms with E-state index in [2.05, 4.69) is 15.6 Å². The van der Waals surface area contributed by atoms with E-state index in [9.17, 15) is 9.59 Å². The summed E-state index contributed by atoms with van der Waals surface area (Å²) in [4.78, 5) is 27.6. The number of hydrogen-bond acceptors (Lipinski definition) is 5. The van der Waals surface area contributed by atoms with Crippen LogP contribution in [0.3, 0.4) is 0 Å². The average Bonchev–Trinajstić information content (AvgIpc) is 2.57. The Kier molecular flexibility index (Phi) is 6.36. The van der Waals surface area contributed by atoms with Crippen molar-refractivity contribution in [2.24, 2.45) is 5.92 Å². The summed E-state index contributed by atoms with van der Waals surface area (Å²) >= 11 is 6.14. The van der Waals surface area contributed by atoms with Gasteiger partial charge >= 0.3 is 5.97 Å².